The summed E-state index contributed by atoms with van der Waals surface area (Å²) in [5, 5.41) is 0. The van der Waals surface area contributed by atoms with Crippen molar-refractivity contribution in [3.8, 4) is 5.75 Å². The van der Waals surface area contributed by atoms with E-state index in [0.29, 0.717) is 6.20 Å². The van der Waals surface area contributed by atoms with E-state index < -0.39 is 35.2 Å². The number of hydrogen-bond acceptors (Lipinski definition) is 3. The maximum Gasteiger partial charge on any atom is 0.421 e. The minimum Gasteiger partial charge on any atom is -0.495 e. The second-order valence-electron chi connectivity index (χ2n) is 2.92. The SMILES string of the molecule is COc1c(C=O)cnc(C(F)F)c1C(F)(F)F. The van der Waals surface area contributed by atoms with Crippen LogP contribution in [0.3, 0.4) is 0 Å². The van der Waals surface area contributed by atoms with Crippen molar-refractivity contribution in [2.24, 2.45) is 0 Å². The number of ether oxygens (including phenoxy) is 1. The smallest absolute Gasteiger partial charge is 0.421 e. The molecule has 3 nitrogen and oxygen atoms in total. The number of nitrogens with zero attached hydrogens (tertiary/aromatic N) is 1. The number of pyridine rings is 1. The molecule has 0 saturated heterocycles. The Labute approximate surface area is 92.2 Å². The summed E-state index contributed by atoms with van der Waals surface area (Å²) in [6.45, 7) is 0. The Hall–Kier alpha value is -1.73. The van der Waals surface area contributed by atoms with Gasteiger partial charge in [-0.1, -0.05) is 0 Å². The molecule has 0 radical (unpaired) electrons. The molecule has 8 heteroatoms. The molecule has 0 aliphatic heterocycles. The molecular weight excluding hydrogens is 249 g/mol. The van der Waals surface area contributed by atoms with Crippen LogP contribution in [0.5, 0.6) is 5.75 Å². The Balaban J connectivity index is 3.62. The van der Waals surface area contributed by atoms with E-state index in [4.69, 9.17) is 0 Å². The standard InChI is InChI=1S/C9H6F5NO2/c1-17-7-4(3-16)2-15-6(8(10)11)5(7)9(12,13)14/h2-3,8H,1H3. The van der Waals surface area contributed by atoms with Gasteiger partial charge in [-0.3, -0.25) is 9.78 Å². The lowest BCUT2D eigenvalue weighted by atomic mass is 10.1. The van der Waals surface area contributed by atoms with Gasteiger partial charge >= 0.3 is 6.18 Å². The van der Waals surface area contributed by atoms with Crippen LogP contribution < -0.4 is 4.74 Å². The highest BCUT2D eigenvalue weighted by atomic mass is 19.4. The van der Waals surface area contributed by atoms with Crippen LogP contribution in [0, 0.1) is 0 Å². The zero-order valence-corrected chi connectivity index (χ0v) is 8.39. The van der Waals surface area contributed by atoms with E-state index in [2.05, 4.69) is 9.72 Å². The molecule has 0 fully saturated rings. The molecule has 1 aromatic heterocycles. The Morgan fingerprint density at radius 3 is 2.35 bits per heavy atom. The molecule has 94 valence electrons. The largest absolute Gasteiger partial charge is 0.495 e. The second-order valence-corrected chi connectivity index (χ2v) is 2.92. The minimum absolute atomic E-state index is 0.0519. The van der Waals surface area contributed by atoms with Gasteiger partial charge in [-0.25, -0.2) is 8.78 Å². The maximum atomic E-state index is 12.6. The maximum absolute atomic E-state index is 12.6. The average molecular weight is 255 g/mol. The summed E-state index contributed by atoms with van der Waals surface area (Å²) in [6.07, 6.45) is -7.83. The van der Waals surface area contributed by atoms with E-state index >= 15 is 0 Å². The number of aldehydes is 1. The molecular formula is C9H6F5NO2. The monoisotopic (exact) mass is 255 g/mol. The molecule has 17 heavy (non-hydrogen) atoms. The van der Waals surface area contributed by atoms with Crippen LogP contribution >= 0.6 is 0 Å². The predicted octanol–water partition coefficient (Wildman–Crippen LogP) is 2.86. The fourth-order valence-electron chi connectivity index (χ4n) is 1.27. The third kappa shape index (κ3) is 2.51. The van der Waals surface area contributed by atoms with Gasteiger partial charge in [-0.15, -0.1) is 0 Å². The van der Waals surface area contributed by atoms with Gasteiger partial charge in [0.05, 0.1) is 12.7 Å². The highest BCUT2D eigenvalue weighted by Gasteiger charge is 2.41. The summed E-state index contributed by atoms with van der Waals surface area (Å²) >= 11 is 0. The highest BCUT2D eigenvalue weighted by Crippen LogP contribution is 2.42. The number of carbonyl (C=O) groups excluding carboxylic acids is 1. The third-order valence-electron chi connectivity index (χ3n) is 1.91. The van der Waals surface area contributed by atoms with E-state index in [1.807, 2.05) is 0 Å². The number of halogens is 5. The zero-order valence-electron chi connectivity index (χ0n) is 8.39. The first-order valence-corrected chi connectivity index (χ1v) is 4.20. The van der Waals surface area contributed by atoms with Crippen molar-refractivity contribution in [3.05, 3.63) is 23.0 Å². The lowest BCUT2D eigenvalue weighted by Gasteiger charge is -2.16. The van der Waals surface area contributed by atoms with Crippen LogP contribution in [0.2, 0.25) is 0 Å². The third-order valence-corrected chi connectivity index (χ3v) is 1.91. The zero-order chi connectivity index (χ0) is 13.2. The summed E-state index contributed by atoms with van der Waals surface area (Å²) in [5.41, 5.74) is -3.72. The van der Waals surface area contributed by atoms with Crippen LogP contribution in [-0.2, 0) is 6.18 Å². The summed E-state index contributed by atoms with van der Waals surface area (Å²) in [5.74, 6) is -0.946. The van der Waals surface area contributed by atoms with Crippen LogP contribution in [0.25, 0.3) is 0 Å². The molecule has 0 bridgehead atoms. The Kier molecular flexibility index (Phi) is 3.64. The van der Waals surface area contributed by atoms with Crippen molar-refractivity contribution in [1.82, 2.24) is 4.98 Å². The van der Waals surface area contributed by atoms with E-state index in [1.165, 1.54) is 0 Å². The fraction of sp³-hybridized carbons (Fsp3) is 0.333. The Morgan fingerprint density at radius 2 is 2.00 bits per heavy atom. The first-order valence-electron chi connectivity index (χ1n) is 4.20. The molecule has 1 rings (SSSR count). The number of carbonyl (C=O) groups is 1. The Morgan fingerprint density at radius 1 is 1.41 bits per heavy atom. The summed E-state index contributed by atoms with van der Waals surface area (Å²) in [7, 11) is 0.854. The van der Waals surface area contributed by atoms with Crippen molar-refractivity contribution < 1.29 is 31.5 Å². The lowest BCUT2D eigenvalue weighted by Crippen LogP contribution is -2.15. The summed E-state index contributed by atoms with van der Waals surface area (Å²) in [4.78, 5) is 13.4. The molecule has 0 spiro atoms. The van der Waals surface area contributed by atoms with E-state index in [0.717, 1.165) is 7.11 Å². The molecule has 0 atom stereocenters. The first kappa shape index (κ1) is 13.3. The lowest BCUT2D eigenvalue weighted by molar-refractivity contribution is -0.141. The van der Waals surface area contributed by atoms with Crippen molar-refractivity contribution in [2.45, 2.75) is 12.6 Å². The Bertz CT molecular complexity index is 430. The van der Waals surface area contributed by atoms with E-state index in [-0.39, 0.29) is 6.29 Å². The van der Waals surface area contributed by atoms with Crippen molar-refractivity contribution in [3.63, 3.8) is 0 Å². The van der Waals surface area contributed by atoms with Gasteiger partial charge in [0.25, 0.3) is 6.43 Å². The quantitative estimate of drug-likeness (QED) is 0.615. The van der Waals surface area contributed by atoms with Crippen molar-refractivity contribution >= 4 is 6.29 Å². The molecule has 0 aromatic carbocycles. The minimum atomic E-state index is -5.08. The van der Waals surface area contributed by atoms with Gasteiger partial charge in [-0.05, 0) is 0 Å². The molecule has 1 aromatic rings. The summed E-state index contributed by atoms with van der Waals surface area (Å²) in [6, 6.07) is 0. The first-order chi connectivity index (χ1) is 7.82. The van der Waals surface area contributed by atoms with Crippen LogP contribution in [0.1, 0.15) is 28.0 Å². The van der Waals surface area contributed by atoms with Crippen LogP contribution in [0.15, 0.2) is 6.20 Å². The van der Waals surface area contributed by atoms with Crippen LogP contribution in [-0.4, -0.2) is 18.4 Å². The van der Waals surface area contributed by atoms with Gasteiger partial charge < -0.3 is 4.74 Å². The second kappa shape index (κ2) is 4.64. The van der Waals surface area contributed by atoms with Gasteiger partial charge in [-0.2, -0.15) is 13.2 Å². The van der Waals surface area contributed by atoms with Crippen LogP contribution in [0.4, 0.5) is 22.0 Å². The molecule has 0 aliphatic rings. The number of hydrogen-bond donors (Lipinski definition) is 0. The van der Waals surface area contributed by atoms with Gasteiger partial charge in [0.15, 0.2) is 6.29 Å². The van der Waals surface area contributed by atoms with Gasteiger partial charge in [0.1, 0.15) is 17.0 Å². The molecule has 0 unspecified atom stereocenters. The van der Waals surface area contributed by atoms with E-state index in [1.54, 1.807) is 0 Å². The molecule has 1 heterocycles. The highest BCUT2D eigenvalue weighted by molar-refractivity contribution is 5.80. The number of methoxy groups -OCH3 is 1. The average Bonchev–Trinajstić information content (AvgIpc) is 2.25. The molecule has 0 N–H and O–H groups in total. The summed E-state index contributed by atoms with van der Waals surface area (Å²) < 4.78 is 67.0. The molecule has 0 saturated carbocycles. The van der Waals surface area contributed by atoms with Gasteiger partial charge in [0, 0.05) is 6.20 Å². The van der Waals surface area contributed by atoms with Crippen molar-refractivity contribution in [2.75, 3.05) is 7.11 Å². The normalized spacial score (nSPS) is 11.7. The topological polar surface area (TPSA) is 39.2 Å². The number of alkyl halides is 5. The fourth-order valence-corrected chi connectivity index (χ4v) is 1.27. The van der Waals surface area contributed by atoms with E-state index in [9.17, 15) is 26.7 Å². The number of aromatic nitrogens is 1. The number of rotatable bonds is 3. The predicted molar refractivity (Wildman–Crippen MR) is 46.1 cm³/mol. The molecule has 0 amide bonds. The molecule has 0 aliphatic carbocycles. The van der Waals surface area contributed by atoms with Crippen molar-refractivity contribution in [1.29, 1.82) is 0 Å². The van der Waals surface area contributed by atoms with Gasteiger partial charge in [0.2, 0.25) is 0 Å².